The molecule has 1 fully saturated rings. The van der Waals surface area contributed by atoms with Crippen LogP contribution < -0.4 is 20.7 Å². The number of fused-ring (bicyclic) bond motifs is 1. The third-order valence-corrected chi connectivity index (χ3v) is 9.41. The Morgan fingerprint density at radius 3 is 2.15 bits per heavy atom. The molecular formula is C40H44Cl2N8O5. The van der Waals surface area contributed by atoms with Crippen LogP contribution in [-0.2, 0) is 4.79 Å². The first kappa shape index (κ1) is 41.8. The standard InChI is InChI=1S/C40H42N8O5.2ClH/c1-3-44-38(49)34(25-7-5-4-6-8-25)35(37-45-32-18-13-28(36(42)43)23-33(32)46-37)48(39(50)26-9-11-27(12-10-26)40(51)52)29-14-16-30(17-15-29)53-31-19-21-47(22-20-31)24(2)41;;/h4-18,23,31,34-35,41H,3,19-22H2,1-2H3,(H3,42,43)(H,44,49)(H,45,46)(H,51,52);2*1H/t34?,35-;;/m0../s1. The van der Waals surface area contributed by atoms with Crippen LogP contribution in [-0.4, -0.2) is 75.2 Å². The number of likely N-dealkylation sites (N-methyl/N-ethyl adjacent to an activating group) is 1. The van der Waals surface area contributed by atoms with Crippen molar-refractivity contribution in [3.05, 3.63) is 125 Å². The van der Waals surface area contributed by atoms with E-state index in [0.717, 1.165) is 25.9 Å². The predicted octanol–water partition coefficient (Wildman–Crippen LogP) is 6.54. The lowest BCUT2D eigenvalue weighted by Crippen LogP contribution is -2.44. The number of aromatic amines is 1. The van der Waals surface area contributed by atoms with E-state index < -0.39 is 23.8 Å². The van der Waals surface area contributed by atoms with Gasteiger partial charge in [0, 0.05) is 49.3 Å². The highest BCUT2D eigenvalue weighted by Gasteiger charge is 2.41. The third-order valence-electron chi connectivity index (χ3n) is 9.41. The molecule has 0 radical (unpaired) electrons. The van der Waals surface area contributed by atoms with Gasteiger partial charge < -0.3 is 30.8 Å². The van der Waals surface area contributed by atoms with Gasteiger partial charge in [0.25, 0.3) is 5.91 Å². The van der Waals surface area contributed by atoms with Gasteiger partial charge in [-0.25, -0.2) is 9.78 Å². The number of halogens is 2. The summed E-state index contributed by atoms with van der Waals surface area (Å²) in [4.78, 5) is 52.6. The monoisotopic (exact) mass is 786 g/mol. The minimum absolute atomic E-state index is 0. The molecule has 5 aromatic rings. The number of hydrogen-bond acceptors (Lipinski definition) is 7. The Labute approximate surface area is 331 Å². The van der Waals surface area contributed by atoms with Gasteiger partial charge in [0.2, 0.25) is 5.91 Å². The van der Waals surface area contributed by atoms with Gasteiger partial charge >= 0.3 is 5.97 Å². The molecule has 0 spiro atoms. The molecule has 13 nitrogen and oxygen atoms in total. The number of amidine groups is 2. The summed E-state index contributed by atoms with van der Waals surface area (Å²) in [5.41, 5.74) is 8.68. The van der Waals surface area contributed by atoms with E-state index in [1.54, 1.807) is 49.4 Å². The maximum atomic E-state index is 14.9. The highest BCUT2D eigenvalue weighted by Crippen LogP contribution is 2.40. The maximum Gasteiger partial charge on any atom is 0.335 e. The molecule has 288 valence electrons. The fourth-order valence-corrected chi connectivity index (χ4v) is 6.67. The number of carboxylic acids is 1. The lowest BCUT2D eigenvalue weighted by Gasteiger charge is -2.36. The molecule has 1 aromatic heterocycles. The molecule has 0 saturated carbocycles. The zero-order valence-corrected chi connectivity index (χ0v) is 32.0. The SMILES string of the molecule is CCNC(=O)C(c1ccccc1)[C@@H](c1nc2cc(C(=N)N)ccc2[nH]1)N(C(=O)c1ccc(C(=O)O)cc1)c1ccc(OC2CCN(C(C)=N)CC2)cc1.Cl.Cl. The summed E-state index contributed by atoms with van der Waals surface area (Å²) in [6.07, 6.45) is 1.49. The van der Waals surface area contributed by atoms with Crippen LogP contribution in [0.25, 0.3) is 11.0 Å². The average molecular weight is 788 g/mol. The van der Waals surface area contributed by atoms with Crippen molar-refractivity contribution in [1.82, 2.24) is 20.2 Å². The van der Waals surface area contributed by atoms with Crippen LogP contribution in [0.15, 0.2) is 97.1 Å². The van der Waals surface area contributed by atoms with Crippen molar-refractivity contribution >= 4 is 71.0 Å². The number of aromatic carboxylic acids is 1. The molecule has 2 atom stereocenters. The summed E-state index contributed by atoms with van der Waals surface area (Å²) < 4.78 is 6.33. The number of nitrogen functional groups attached to an aromatic ring is 1. The fourth-order valence-electron chi connectivity index (χ4n) is 6.67. The molecule has 0 aliphatic carbocycles. The second-order valence-corrected chi connectivity index (χ2v) is 12.9. The van der Waals surface area contributed by atoms with Crippen LogP contribution in [0, 0.1) is 10.8 Å². The van der Waals surface area contributed by atoms with E-state index in [9.17, 15) is 19.5 Å². The number of benzene rings is 4. The second kappa shape index (κ2) is 18.4. The van der Waals surface area contributed by atoms with Crippen LogP contribution in [0.3, 0.4) is 0 Å². The molecule has 1 aliphatic rings. The summed E-state index contributed by atoms with van der Waals surface area (Å²) in [5, 5.41) is 28.4. The zero-order chi connectivity index (χ0) is 37.6. The highest BCUT2D eigenvalue weighted by atomic mass is 35.5. The minimum atomic E-state index is -1.12. The molecule has 1 saturated heterocycles. The minimum Gasteiger partial charge on any atom is -0.490 e. The van der Waals surface area contributed by atoms with Crippen LogP contribution in [0.4, 0.5) is 5.69 Å². The molecule has 55 heavy (non-hydrogen) atoms. The smallest absolute Gasteiger partial charge is 0.335 e. The predicted molar refractivity (Wildman–Crippen MR) is 217 cm³/mol. The molecule has 15 heteroatoms. The van der Waals surface area contributed by atoms with Gasteiger partial charge in [0.15, 0.2) is 0 Å². The van der Waals surface area contributed by atoms with Crippen molar-refractivity contribution < 1.29 is 24.2 Å². The van der Waals surface area contributed by atoms with Crippen molar-refractivity contribution in [2.75, 3.05) is 24.5 Å². The van der Waals surface area contributed by atoms with Crippen molar-refractivity contribution in [2.24, 2.45) is 5.73 Å². The number of nitrogens with one attached hydrogen (secondary N) is 4. The molecular weight excluding hydrogens is 743 g/mol. The van der Waals surface area contributed by atoms with E-state index in [1.807, 2.05) is 42.2 Å². The fraction of sp³-hybridized carbons (Fsp3) is 0.250. The van der Waals surface area contributed by atoms with E-state index in [1.165, 1.54) is 29.2 Å². The van der Waals surface area contributed by atoms with Crippen LogP contribution in [0.1, 0.15) is 76.3 Å². The third kappa shape index (κ3) is 9.42. The van der Waals surface area contributed by atoms with Crippen LogP contribution in [0.2, 0.25) is 0 Å². The second-order valence-electron chi connectivity index (χ2n) is 12.9. The highest BCUT2D eigenvalue weighted by molar-refractivity contribution is 6.08. The Morgan fingerprint density at radius 1 is 0.945 bits per heavy atom. The Morgan fingerprint density at radius 2 is 1.56 bits per heavy atom. The Kier molecular flexibility index (Phi) is 14.0. The summed E-state index contributed by atoms with van der Waals surface area (Å²) in [7, 11) is 0. The molecule has 1 unspecified atom stereocenters. The number of likely N-dealkylation sites (tertiary alicyclic amines) is 1. The van der Waals surface area contributed by atoms with E-state index in [2.05, 4.69) is 10.3 Å². The summed E-state index contributed by atoms with van der Waals surface area (Å²) in [5.74, 6) is -1.59. The number of ether oxygens (including phenoxy) is 1. The first-order chi connectivity index (χ1) is 25.5. The summed E-state index contributed by atoms with van der Waals surface area (Å²) >= 11 is 0. The largest absolute Gasteiger partial charge is 0.490 e. The lowest BCUT2D eigenvalue weighted by molar-refractivity contribution is -0.123. The van der Waals surface area contributed by atoms with Gasteiger partial charge in [0.05, 0.1) is 28.4 Å². The number of hydrogen-bond donors (Lipinski definition) is 6. The summed E-state index contributed by atoms with van der Waals surface area (Å²) in [6.45, 7) is 5.40. The number of carboxylic acid groups (broad SMARTS) is 1. The average Bonchev–Trinajstić information content (AvgIpc) is 3.59. The maximum absolute atomic E-state index is 14.9. The quantitative estimate of drug-likeness (QED) is 0.0605. The van der Waals surface area contributed by atoms with Crippen LogP contribution >= 0.6 is 24.8 Å². The summed E-state index contributed by atoms with van der Waals surface area (Å²) in [6, 6.07) is 26.0. The number of piperidine rings is 1. The molecule has 1 aliphatic heterocycles. The number of carbonyl (C=O) groups is 3. The van der Waals surface area contributed by atoms with E-state index in [0.29, 0.717) is 51.8 Å². The van der Waals surface area contributed by atoms with Gasteiger partial charge in [0.1, 0.15) is 29.6 Å². The van der Waals surface area contributed by atoms with Crippen molar-refractivity contribution in [2.45, 2.75) is 44.8 Å². The Hall–Kier alpha value is -5.92. The number of nitrogens with two attached hydrogens (primary N) is 1. The zero-order valence-electron chi connectivity index (χ0n) is 30.3. The van der Waals surface area contributed by atoms with Gasteiger partial charge in [-0.05, 0) is 86.1 Å². The number of rotatable bonds is 12. The topological polar surface area (TPSA) is 202 Å². The Bertz CT molecular complexity index is 2140. The van der Waals surface area contributed by atoms with Gasteiger partial charge in [-0.15, -0.1) is 24.8 Å². The van der Waals surface area contributed by atoms with Gasteiger partial charge in [-0.2, -0.15) is 0 Å². The van der Waals surface area contributed by atoms with Crippen LogP contribution in [0.5, 0.6) is 5.75 Å². The number of nitrogens with zero attached hydrogens (tertiary/aromatic N) is 3. The van der Waals surface area contributed by atoms with Crippen molar-refractivity contribution in [3.63, 3.8) is 0 Å². The number of imidazole rings is 1. The van der Waals surface area contributed by atoms with E-state index in [-0.39, 0.29) is 53.8 Å². The number of anilines is 1. The van der Waals surface area contributed by atoms with Gasteiger partial charge in [-0.1, -0.05) is 30.3 Å². The van der Waals surface area contributed by atoms with Crippen molar-refractivity contribution in [3.8, 4) is 5.75 Å². The van der Waals surface area contributed by atoms with E-state index in [4.69, 9.17) is 26.3 Å². The first-order valence-electron chi connectivity index (χ1n) is 17.4. The van der Waals surface area contributed by atoms with Gasteiger partial charge in [-0.3, -0.25) is 25.3 Å². The number of carbonyl (C=O) groups excluding carboxylic acids is 2. The van der Waals surface area contributed by atoms with E-state index >= 15 is 0 Å². The molecule has 2 heterocycles. The van der Waals surface area contributed by atoms with Crippen molar-refractivity contribution in [1.29, 1.82) is 10.8 Å². The Balaban J connectivity index is 0.00000336. The molecule has 6 rings (SSSR count). The molecule has 0 bridgehead atoms. The normalized spacial score (nSPS) is 13.7. The molecule has 2 amide bonds. The first-order valence-corrected chi connectivity index (χ1v) is 17.4. The molecule has 4 aromatic carbocycles. The number of aromatic nitrogens is 2. The number of amides is 2. The lowest BCUT2D eigenvalue weighted by atomic mass is 9.87. The molecule has 7 N–H and O–H groups in total. The number of H-pyrrole nitrogens is 1.